The Labute approximate surface area is 144 Å². The number of hydrogen-bond donors (Lipinski definition) is 0. The summed E-state index contributed by atoms with van der Waals surface area (Å²) in [6.07, 6.45) is 0. The van der Waals surface area contributed by atoms with Crippen LogP contribution in [0.5, 0.6) is 11.5 Å². The van der Waals surface area contributed by atoms with Gasteiger partial charge in [0.05, 0.1) is 12.7 Å². The van der Waals surface area contributed by atoms with Crippen molar-refractivity contribution < 1.29 is 19.1 Å². The quantitative estimate of drug-likeness (QED) is 0.587. The van der Waals surface area contributed by atoms with Crippen LogP contribution in [0.3, 0.4) is 0 Å². The third kappa shape index (κ3) is 3.92. The largest absolute Gasteiger partial charge is 0.460 e. The number of Topliss-reactive ketones (excluding diaryl/α,β-unsaturated/α-hetero) is 1. The van der Waals surface area contributed by atoms with Crippen LogP contribution in [0.2, 0.25) is 5.02 Å². The summed E-state index contributed by atoms with van der Waals surface area (Å²) in [5, 5.41) is 9.55. The van der Waals surface area contributed by atoms with Gasteiger partial charge >= 0.3 is 5.97 Å². The van der Waals surface area contributed by atoms with Crippen LogP contribution in [0.4, 0.5) is 0 Å². The van der Waals surface area contributed by atoms with Gasteiger partial charge in [-0.05, 0) is 31.2 Å². The Morgan fingerprint density at radius 1 is 1.17 bits per heavy atom. The number of rotatable bonds is 6. The van der Waals surface area contributed by atoms with Gasteiger partial charge in [0.2, 0.25) is 0 Å². The number of esters is 1. The van der Waals surface area contributed by atoms with Crippen LogP contribution >= 0.6 is 11.6 Å². The summed E-state index contributed by atoms with van der Waals surface area (Å²) in [7, 11) is 0. The second kappa shape index (κ2) is 8.14. The van der Waals surface area contributed by atoms with Gasteiger partial charge in [-0.25, -0.2) is 4.79 Å². The Morgan fingerprint density at radius 2 is 1.88 bits per heavy atom. The molecule has 24 heavy (non-hydrogen) atoms. The zero-order valence-corrected chi connectivity index (χ0v) is 13.6. The van der Waals surface area contributed by atoms with Crippen molar-refractivity contribution in [3.63, 3.8) is 0 Å². The van der Waals surface area contributed by atoms with E-state index in [1.165, 1.54) is 6.07 Å². The molecule has 0 spiro atoms. The van der Waals surface area contributed by atoms with Crippen molar-refractivity contribution in [1.82, 2.24) is 0 Å². The van der Waals surface area contributed by atoms with Crippen molar-refractivity contribution in [3.8, 4) is 17.6 Å². The first-order valence-corrected chi connectivity index (χ1v) is 7.58. The molecule has 0 amide bonds. The fourth-order valence-corrected chi connectivity index (χ4v) is 2.35. The summed E-state index contributed by atoms with van der Waals surface area (Å²) in [5.74, 6) is -2.71. The molecule has 2 rings (SSSR count). The molecule has 0 aliphatic carbocycles. The molecule has 0 aliphatic heterocycles. The molecule has 0 saturated heterocycles. The maximum Gasteiger partial charge on any atom is 0.376 e. The van der Waals surface area contributed by atoms with Crippen molar-refractivity contribution in [2.75, 3.05) is 6.61 Å². The second-order valence-corrected chi connectivity index (χ2v) is 5.12. The molecule has 5 nitrogen and oxygen atoms in total. The molecular formula is C18H14ClNO4. The highest BCUT2D eigenvalue weighted by atomic mass is 35.5. The molecule has 0 radical (unpaired) electrons. The first-order chi connectivity index (χ1) is 11.6. The lowest BCUT2D eigenvalue weighted by Gasteiger charge is -2.15. The van der Waals surface area contributed by atoms with Crippen LogP contribution in [0.25, 0.3) is 0 Å². The molecule has 0 N–H and O–H groups in total. The van der Waals surface area contributed by atoms with Crippen LogP contribution in [-0.4, -0.2) is 18.4 Å². The smallest absolute Gasteiger partial charge is 0.376 e. The fourth-order valence-electron chi connectivity index (χ4n) is 2.08. The van der Waals surface area contributed by atoms with E-state index in [4.69, 9.17) is 16.3 Å². The number of carbonyl (C=O) groups excluding carboxylic acids is 2. The lowest BCUT2D eigenvalue weighted by Crippen LogP contribution is -2.24. The molecule has 6 heteroatoms. The molecule has 2 aromatic rings. The molecule has 0 bridgehead atoms. The van der Waals surface area contributed by atoms with Gasteiger partial charge in [-0.3, -0.25) is 4.79 Å². The Morgan fingerprint density at radius 3 is 2.50 bits per heavy atom. The van der Waals surface area contributed by atoms with E-state index in [9.17, 15) is 14.9 Å². The number of ether oxygens (including phenoxy) is 2. The van der Waals surface area contributed by atoms with Gasteiger partial charge in [-0.2, -0.15) is 5.26 Å². The van der Waals surface area contributed by atoms with Crippen LogP contribution in [0.1, 0.15) is 18.4 Å². The van der Waals surface area contributed by atoms with E-state index in [1.54, 1.807) is 43.3 Å². The summed E-state index contributed by atoms with van der Waals surface area (Å²) >= 11 is 6.16. The third-order valence-corrected chi connectivity index (χ3v) is 3.47. The predicted octanol–water partition coefficient (Wildman–Crippen LogP) is 3.87. The minimum Gasteiger partial charge on any atom is -0.460 e. The summed E-state index contributed by atoms with van der Waals surface area (Å²) in [6.45, 7) is 1.62. The highest BCUT2D eigenvalue weighted by Gasteiger charge is 2.32. The fraction of sp³-hybridized carbons (Fsp3) is 0.167. The maximum atomic E-state index is 12.2. The van der Waals surface area contributed by atoms with Gasteiger partial charge in [-0.1, -0.05) is 35.9 Å². The van der Waals surface area contributed by atoms with E-state index >= 15 is 0 Å². The van der Waals surface area contributed by atoms with Gasteiger partial charge in [0.1, 0.15) is 17.4 Å². The van der Waals surface area contributed by atoms with E-state index in [0.29, 0.717) is 5.75 Å². The van der Waals surface area contributed by atoms with Crippen molar-refractivity contribution in [1.29, 1.82) is 5.26 Å². The van der Waals surface area contributed by atoms with Gasteiger partial charge in [0.25, 0.3) is 5.78 Å². The SMILES string of the molecule is CCOC(=O)C(=O)C(C#N)c1c(Cl)cccc1Oc1ccccc1. The topological polar surface area (TPSA) is 76.4 Å². The molecule has 122 valence electrons. The first kappa shape index (κ1) is 17.5. The molecule has 2 aromatic carbocycles. The monoisotopic (exact) mass is 343 g/mol. The summed E-state index contributed by atoms with van der Waals surface area (Å²) in [5.41, 5.74) is 0.142. The first-order valence-electron chi connectivity index (χ1n) is 7.20. The summed E-state index contributed by atoms with van der Waals surface area (Å²) in [4.78, 5) is 23.9. The lowest BCUT2D eigenvalue weighted by atomic mass is 9.95. The minimum absolute atomic E-state index is 0.0403. The number of nitrogens with zero attached hydrogens (tertiary/aromatic N) is 1. The predicted molar refractivity (Wildman–Crippen MR) is 88.0 cm³/mol. The van der Waals surface area contributed by atoms with E-state index < -0.39 is 17.7 Å². The summed E-state index contributed by atoms with van der Waals surface area (Å²) in [6, 6.07) is 15.4. The van der Waals surface area contributed by atoms with Gasteiger partial charge in [-0.15, -0.1) is 0 Å². The zero-order valence-electron chi connectivity index (χ0n) is 12.9. The second-order valence-electron chi connectivity index (χ2n) is 4.71. The Hall–Kier alpha value is -2.84. The van der Waals surface area contributed by atoms with Crippen molar-refractivity contribution in [3.05, 3.63) is 59.1 Å². The third-order valence-electron chi connectivity index (χ3n) is 3.14. The van der Waals surface area contributed by atoms with Crippen molar-refractivity contribution in [2.45, 2.75) is 12.8 Å². The Bertz CT molecular complexity index is 783. The number of para-hydroxylation sites is 1. The molecular weight excluding hydrogens is 330 g/mol. The molecule has 0 fully saturated rings. The molecule has 0 heterocycles. The van der Waals surface area contributed by atoms with E-state index in [-0.39, 0.29) is 22.9 Å². The lowest BCUT2D eigenvalue weighted by molar-refractivity contribution is -0.153. The average molecular weight is 344 g/mol. The average Bonchev–Trinajstić information content (AvgIpc) is 2.58. The molecule has 0 aromatic heterocycles. The zero-order chi connectivity index (χ0) is 17.5. The maximum absolute atomic E-state index is 12.2. The van der Waals surface area contributed by atoms with Crippen LogP contribution in [0.15, 0.2) is 48.5 Å². The molecule has 1 atom stereocenters. The number of carbonyl (C=O) groups is 2. The minimum atomic E-state index is -1.41. The number of hydrogen-bond acceptors (Lipinski definition) is 5. The van der Waals surface area contributed by atoms with E-state index in [1.807, 2.05) is 12.1 Å². The molecule has 0 aliphatic rings. The molecule has 0 saturated carbocycles. The van der Waals surface area contributed by atoms with Crippen molar-refractivity contribution >= 4 is 23.4 Å². The molecule has 1 unspecified atom stereocenters. The number of halogens is 1. The van der Waals surface area contributed by atoms with Gasteiger partial charge < -0.3 is 9.47 Å². The van der Waals surface area contributed by atoms with Gasteiger partial charge in [0.15, 0.2) is 0 Å². The number of benzene rings is 2. The highest BCUT2D eigenvalue weighted by molar-refractivity contribution is 6.38. The Balaban J connectivity index is 2.42. The Kier molecular flexibility index (Phi) is 5.94. The standard InChI is InChI=1S/C18H14ClNO4/c1-2-23-18(22)17(21)13(11-20)16-14(19)9-6-10-15(16)24-12-7-4-3-5-8-12/h3-10,13H,2H2,1H3. The van der Waals surface area contributed by atoms with Crippen LogP contribution in [0, 0.1) is 11.3 Å². The summed E-state index contributed by atoms with van der Waals surface area (Å²) < 4.78 is 10.4. The number of ketones is 1. The van der Waals surface area contributed by atoms with E-state index in [0.717, 1.165) is 0 Å². The normalized spacial score (nSPS) is 11.2. The van der Waals surface area contributed by atoms with E-state index in [2.05, 4.69) is 4.74 Å². The van der Waals surface area contributed by atoms with Crippen LogP contribution < -0.4 is 4.74 Å². The highest BCUT2D eigenvalue weighted by Crippen LogP contribution is 2.36. The van der Waals surface area contributed by atoms with Gasteiger partial charge in [0, 0.05) is 10.6 Å². The van der Waals surface area contributed by atoms with Crippen LogP contribution in [-0.2, 0) is 14.3 Å². The van der Waals surface area contributed by atoms with Crippen molar-refractivity contribution in [2.24, 2.45) is 0 Å². The number of nitriles is 1.